The standard InChI is InChI=1S/C15H12N4O2/c1-10-9-12(7-8-13(10)19(20)21)15-16-14(17-18-15)11-5-3-2-4-6-11/h2-9H,1H3,(H,16,17,18). The van der Waals surface area contributed by atoms with Crippen LogP contribution in [0.2, 0.25) is 0 Å². The molecule has 0 amide bonds. The molecule has 0 unspecified atom stereocenters. The first kappa shape index (κ1) is 13.0. The highest BCUT2D eigenvalue weighted by Crippen LogP contribution is 2.25. The fraction of sp³-hybridized carbons (Fsp3) is 0.0667. The van der Waals surface area contributed by atoms with Gasteiger partial charge in [-0.2, -0.15) is 5.10 Å². The molecule has 21 heavy (non-hydrogen) atoms. The molecule has 6 nitrogen and oxygen atoms in total. The average Bonchev–Trinajstić information content (AvgIpc) is 2.97. The zero-order chi connectivity index (χ0) is 14.8. The van der Waals surface area contributed by atoms with Crippen LogP contribution in [0.5, 0.6) is 0 Å². The van der Waals surface area contributed by atoms with Crippen LogP contribution < -0.4 is 0 Å². The van der Waals surface area contributed by atoms with Crippen molar-refractivity contribution < 1.29 is 4.92 Å². The number of rotatable bonds is 3. The van der Waals surface area contributed by atoms with Gasteiger partial charge in [-0.05, 0) is 19.1 Å². The molecule has 0 atom stereocenters. The first-order valence-corrected chi connectivity index (χ1v) is 6.38. The van der Waals surface area contributed by atoms with Gasteiger partial charge in [0, 0.05) is 22.8 Å². The van der Waals surface area contributed by atoms with Crippen molar-refractivity contribution in [3.8, 4) is 22.8 Å². The third-order valence-corrected chi connectivity index (χ3v) is 3.18. The summed E-state index contributed by atoms with van der Waals surface area (Å²) in [5.41, 5.74) is 2.37. The Morgan fingerprint density at radius 3 is 2.52 bits per heavy atom. The lowest BCUT2D eigenvalue weighted by molar-refractivity contribution is -0.385. The molecule has 0 saturated carbocycles. The predicted molar refractivity (Wildman–Crippen MR) is 78.6 cm³/mol. The zero-order valence-electron chi connectivity index (χ0n) is 11.3. The molecular weight excluding hydrogens is 268 g/mol. The van der Waals surface area contributed by atoms with Gasteiger partial charge in [0.15, 0.2) is 11.6 Å². The molecule has 0 radical (unpaired) electrons. The van der Waals surface area contributed by atoms with Gasteiger partial charge >= 0.3 is 0 Å². The summed E-state index contributed by atoms with van der Waals surface area (Å²) in [5, 5.41) is 17.9. The number of hydrogen-bond acceptors (Lipinski definition) is 4. The van der Waals surface area contributed by atoms with E-state index in [1.807, 2.05) is 30.3 Å². The van der Waals surface area contributed by atoms with Gasteiger partial charge < -0.3 is 0 Å². The summed E-state index contributed by atoms with van der Waals surface area (Å²) in [6, 6.07) is 14.5. The number of nitrogens with one attached hydrogen (secondary N) is 1. The van der Waals surface area contributed by atoms with Crippen LogP contribution in [0, 0.1) is 17.0 Å². The lowest BCUT2D eigenvalue weighted by Gasteiger charge is -1.99. The molecule has 0 spiro atoms. The summed E-state index contributed by atoms with van der Waals surface area (Å²) in [5.74, 6) is 1.19. The first-order chi connectivity index (χ1) is 10.1. The summed E-state index contributed by atoms with van der Waals surface area (Å²) in [6.07, 6.45) is 0. The third kappa shape index (κ3) is 2.51. The second-order valence-corrected chi connectivity index (χ2v) is 4.63. The molecule has 0 bridgehead atoms. The molecular formula is C15H12N4O2. The third-order valence-electron chi connectivity index (χ3n) is 3.18. The Morgan fingerprint density at radius 2 is 1.86 bits per heavy atom. The van der Waals surface area contributed by atoms with Crippen molar-refractivity contribution in [2.75, 3.05) is 0 Å². The van der Waals surface area contributed by atoms with Crippen molar-refractivity contribution in [2.45, 2.75) is 6.92 Å². The van der Waals surface area contributed by atoms with Gasteiger partial charge in [-0.3, -0.25) is 15.2 Å². The normalized spacial score (nSPS) is 10.5. The Balaban J connectivity index is 1.97. The molecule has 0 aliphatic rings. The van der Waals surface area contributed by atoms with Crippen LogP contribution in [0.25, 0.3) is 22.8 Å². The van der Waals surface area contributed by atoms with Crippen LogP contribution >= 0.6 is 0 Å². The fourth-order valence-corrected chi connectivity index (χ4v) is 2.12. The van der Waals surface area contributed by atoms with Gasteiger partial charge in [-0.25, -0.2) is 4.98 Å². The summed E-state index contributed by atoms with van der Waals surface area (Å²) >= 11 is 0. The minimum Gasteiger partial charge on any atom is -0.259 e. The topological polar surface area (TPSA) is 84.7 Å². The molecule has 0 aliphatic heterocycles. The summed E-state index contributed by atoms with van der Waals surface area (Å²) < 4.78 is 0. The maximum Gasteiger partial charge on any atom is 0.272 e. The van der Waals surface area contributed by atoms with Gasteiger partial charge in [0.2, 0.25) is 0 Å². The molecule has 1 aromatic heterocycles. The summed E-state index contributed by atoms with van der Waals surface area (Å²) in [7, 11) is 0. The van der Waals surface area contributed by atoms with E-state index in [1.165, 1.54) is 6.07 Å². The minimum atomic E-state index is -0.396. The van der Waals surface area contributed by atoms with Crippen LogP contribution in [0.15, 0.2) is 48.5 Å². The number of nitro benzene ring substituents is 1. The summed E-state index contributed by atoms with van der Waals surface area (Å²) in [6.45, 7) is 1.70. The van der Waals surface area contributed by atoms with E-state index in [2.05, 4.69) is 15.2 Å². The van der Waals surface area contributed by atoms with Crippen molar-refractivity contribution in [1.29, 1.82) is 0 Å². The Morgan fingerprint density at radius 1 is 1.10 bits per heavy atom. The van der Waals surface area contributed by atoms with Crippen LogP contribution in [-0.2, 0) is 0 Å². The number of nitrogens with zero attached hydrogens (tertiary/aromatic N) is 3. The molecule has 104 valence electrons. The SMILES string of the molecule is Cc1cc(-c2n[nH]c(-c3ccccc3)n2)ccc1[N+](=O)[O-]. The number of nitro groups is 1. The number of benzene rings is 2. The van der Waals surface area contributed by atoms with Gasteiger partial charge in [0.1, 0.15) is 0 Å². The van der Waals surface area contributed by atoms with Gasteiger partial charge in [-0.1, -0.05) is 30.3 Å². The maximum absolute atomic E-state index is 10.8. The molecule has 0 fully saturated rings. The van der Waals surface area contributed by atoms with Crippen molar-refractivity contribution in [1.82, 2.24) is 15.2 Å². The van der Waals surface area contributed by atoms with Crippen LogP contribution in [-0.4, -0.2) is 20.1 Å². The highest BCUT2D eigenvalue weighted by Gasteiger charge is 2.13. The molecule has 2 aromatic carbocycles. The Kier molecular flexibility index (Phi) is 3.19. The van der Waals surface area contributed by atoms with Crippen LogP contribution in [0.3, 0.4) is 0 Å². The largest absolute Gasteiger partial charge is 0.272 e. The number of aromatic nitrogens is 3. The number of H-pyrrole nitrogens is 1. The lowest BCUT2D eigenvalue weighted by atomic mass is 10.1. The van der Waals surface area contributed by atoms with Crippen molar-refractivity contribution in [3.05, 3.63) is 64.2 Å². The second kappa shape index (κ2) is 5.16. The monoisotopic (exact) mass is 280 g/mol. The highest BCUT2D eigenvalue weighted by atomic mass is 16.6. The van der Waals surface area contributed by atoms with E-state index in [-0.39, 0.29) is 5.69 Å². The fourth-order valence-electron chi connectivity index (χ4n) is 2.12. The Bertz CT molecular complexity index is 796. The smallest absolute Gasteiger partial charge is 0.259 e. The van der Waals surface area contributed by atoms with Gasteiger partial charge in [-0.15, -0.1) is 0 Å². The van der Waals surface area contributed by atoms with E-state index < -0.39 is 4.92 Å². The number of hydrogen-bond donors (Lipinski definition) is 1. The molecule has 0 aliphatic carbocycles. The molecule has 3 aromatic rings. The van der Waals surface area contributed by atoms with E-state index >= 15 is 0 Å². The quantitative estimate of drug-likeness (QED) is 0.589. The lowest BCUT2D eigenvalue weighted by Crippen LogP contribution is -1.92. The van der Waals surface area contributed by atoms with E-state index in [4.69, 9.17) is 0 Å². The van der Waals surface area contributed by atoms with Crippen molar-refractivity contribution in [3.63, 3.8) is 0 Å². The van der Waals surface area contributed by atoms with Crippen molar-refractivity contribution >= 4 is 5.69 Å². The maximum atomic E-state index is 10.8. The average molecular weight is 280 g/mol. The van der Waals surface area contributed by atoms with E-state index in [1.54, 1.807) is 19.1 Å². The van der Waals surface area contributed by atoms with Gasteiger partial charge in [0.05, 0.1) is 4.92 Å². The van der Waals surface area contributed by atoms with Crippen LogP contribution in [0.1, 0.15) is 5.56 Å². The van der Waals surface area contributed by atoms with E-state index in [0.717, 1.165) is 11.1 Å². The summed E-state index contributed by atoms with van der Waals surface area (Å²) in [4.78, 5) is 14.9. The van der Waals surface area contributed by atoms with E-state index in [0.29, 0.717) is 17.2 Å². The second-order valence-electron chi connectivity index (χ2n) is 4.63. The Hall–Kier alpha value is -3.02. The molecule has 3 rings (SSSR count). The number of aryl methyl sites for hydroxylation is 1. The van der Waals surface area contributed by atoms with Gasteiger partial charge in [0.25, 0.3) is 5.69 Å². The van der Waals surface area contributed by atoms with Crippen molar-refractivity contribution in [2.24, 2.45) is 0 Å². The molecule has 0 saturated heterocycles. The molecule has 6 heteroatoms. The highest BCUT2D eigenvalue weighted by molar-refractivity contribution is 5.63. The first-order valence-electron chi connectivity index (χ1n) is 6.38. The van der Waals surface area contributed by atoms with Crippen LogP contribution in [0.4, 0.5) is 5.69 Å². The van der Waals surface area contributed by atoms with E-state index in [9.17, 15) is 10.1 Å². The zero-order valence-corrected chi connectivity index (χ0v) is 11.3. The number of aromatic amines is 1. The molecule has 1 heterocycles. The Labute approximate surface area is 120 Å². The molecule has 1 N–H and O–H groups in total. The minimum absolute atomic E-state index is 0.0950. The predicted octanol–water partition coefficient (Wildman–Crippen LogP) is 3.36.